The molecule has 2 N–H and O–H groups in total. The van der Waals surface area contributed by atoms with Crippen molar-refractivity contribution in [2.75, 3.05) is 7.05 Å². The lowest BCUT2D eigenvalue weighted by Crippen LogP contribution is -2.42. The van der Waals surface area contributed by atoms with E-state index in [9.17, 15) is 4.79 Å². The zero-order chi connectivity index (χ0) is 9.42. The van der Waals surface area contributed by atoms with Gasteiger partial charge in [0.25, 0.3) is 5.91 Å². The van der Waals surface area contributed by atoms with Gasteiger partial charge in [-0.2, -0.15) is 0 Å². The lowest BCUT2D eigenvalue weighted by atomic mass is 10.1. The van der Waals surface area contributed by atoms with Crippen LogP contribution in [0.1, 0.15) is 25.7 Å². The molecule has 0 spiro atoms. The molecule has 2 aliphatic rings. The smallest absolute Gasteiger partial charge is 0.262 e. The fourth-order valence-electron chi connectivity index (χ4n) is 2.06. The van der Waals surface area contributed by atoms with Crippen LogP contribution in [0.3, 0.4) is 0 Å². The molecule has 0 aromatic rings. The van der Waals surface area contributed by atoms with Gasteiger partial charge in [0.1, 0.15) is 0 Å². The molecule has 1 amide bonds. The van der Waals surface area contributed by atoms with Crippen LogP contribution in [0.4, 0.5) is 0 Å². The molecule has 0 aromatic carbocycles. The van der Waals surface area contributed by atoms with E-state index in [0.29, 0.717) is 11.1 Å². The second-order valence-corrected chi connectivity index (χ2v) is 4.10. The molecule has 1 aliphatic heterocycles. The molecule has 0 bridgehead atoms. The van der Waals surface area contributed by atoms with E-state index in [2.05, 4.69) is 5.32 Å². The first-order valence-electron chi connectivity index (χ1n) is 4.91. The number of hydrogen-bond donors (Lipinski definition) is 2. The van der Waals surface area contributed by atoms with Gasteiger partial charge in [0.2, 0.25) is 0 Å². The molecule has 13 heavy (non-hydrogen) atoms. The second kappa shape index (κ2) is 3.27. The van der Waals surface area contributed by atoms with Gasteiger partial charge in [0.15, 0.2) is 0 Å². The molecular formula is C9H16N2O2. The Hall–Kier alpha value is -0.610. The van der Waals surface area contributed by atoms with Crippen molar-refractivity contribution in [3.05, 3.63) is 0 Å². The van der Waals surface area contributed by atoms with E-state index in [1.165, 1.54) is 19.9 Å². The molecule has 1 saturated heterocycles. The van der Waals surface area contributed by atoms with Gasteiger partial charge >= 0.3 is 0 Å². The second-order valence-electron chi connectivity index (χ2n) is 4.10. The predicted molar refractivity (Wildman–Crippen MR) is 47.2 cm³/mol. The molecule has 4 heteroatoms. The summed E-state index contributed by atoms with van der Waals surface area (Å²) in [5.41, 5.74) is 0. The number of hydroxylamine groups is 2. The highest BCUT2D eigenvalue weighted by molar-refractivity contribution is 5.80. The average Bonchev–Trinajstić information content (AvgIpc) is 2.83. The first-order valence-corrected chi connectivity index (χ1v) is 4.91. The molecule has 2 atom stereocenters. The van der Waals surface area contributed by atoms with Crippen molar-refractivity contribution in [2.45, 2.75) is 37.8 Å². The lowest BCUT2D eigenvalue weighted by Gasteiger charge is -2.16. The van der Waals surface area contributed by atoms with Crippen LogP contribution < -0.4 is 5.32 Å². The van der Waals surface area contributed by atoms with E-state index in [1.807, 2.05) is 0 Å². The maximum absolute atomic E-state index is 11.3. The third-order valence-corrected chi connectivity index (χ3v) is 2.99. The van der Waals surface area contributed by atoms with Crippen molar-refractivity contribution in [3.63, 3.8) is 0 Å². The summed E-state index contributed by atoms with van der Waals surface area (Å²) in [5, 5.41) is 12.9. The van der Waals surface area contributed by atoms with Crippen molar-refractivity contribution in [2.24, 2.45) is 5.92 Å². The van der Waals surface area contributed by atoms with Crippen molar-refractivity contribution >= 4 is 5.91 Å². The number of likely N-dealkylation sites (N-methyl/N-ethyl adjacent to an activating group) is 1. The van der Waals surface area contributed by atoms with Crippen molar-refractivity contribution in [1.82, 2.24) is 10.4 Å². The third kappa shape index (κ3) is 1.84. The van der Waals surface area contributed by atoms with Crippen molar-refractivity contribution in [1.29, 1.82) is 0 Å². The minimum Gasteiger partial charge on any atom is -0.303 e. The molecule has 1 saturated carbocycles. The van der Waals surface area contributed by atoms with E-state index >= 15 is 0 Å². The van der Waals surface area contributed by atoms with Crippen LogP contribution in [-0.4, -0.2) is 35.3 Å². The molecule has 1 aliphatic carbocycles. The van der Waals surface area contributed by atoms with Crippen LogP contribution in [-0.2, 0) is 4.79 Å². The fourth-order valence-corrected chi connectivity index (χ4v) is 2.06. The Labute approximate surface area is 77.9 Å². The number of amides is 1. The molecule has 74 valence electrons. The standard InChI is InChI=1S/C9H16N2O2/c1-11(13)9(12)8-5-4-7(10-8)6-2-3-6/h6-8,10,13H,2-5H2,1H3. The summed E-state index contributed by atoms with van der Waals surface area (Å²) in [6.45, 7) is 0. The van der Waals surface area contributed by atoms with Gasteiger partial charge in [-0.1, -0.05) is 0 Å². The van der Waals surface area contributed by atoms with E-state index in [4.69, 9.17) is 5.21 Å². The van der Waals surface area contributed by atoms with Gasteiger partial charge in [-0.05, 0) is 31.6 Å². The molecule has 2 unspecified atom stereocenters. The Balaban J connectivity index is 1.86. The SMILES string of the molecule is CN(O)C(=O)C1CCC(C2CC2)N1. The summed E-state index contributed by atoms with van der Waals surface area (Å²) in [6, 6.07) is 0.370. The topological polar surface area (TPSA) is 52.6 Å². The van der Waals surface area contributed by atoms with E-state index in [-0.39, 0.29) is 11.9 Å². The van der Waals surface area contributed by atoms with Gasteiger partial charge in [0, 0.05) is 13.1 Å². The predicted octanol–water partition coefficient (Wildman–Crippen LogP) is 0.365. The summed E-state index contributed by atoms with van der Waals surface area (Å²) in [4.78, 5) is 11.3. The molecule has 1 heterocycles. The summed E-state index contributed by atoms with van der Waals surface area (Å²) in [7, 11) is 1.38. The van der Waals surface area contributed by atoms with Crippen molar-refractivity contribution < 1.29 is 10.0 Å². The lowest BCUT2D eigenvalue weighted by molar-refractivity contribution is -0.161. The third-order valence-electron chi connectivity index (χ3n) is 2.99. The molecule has 4 nitrogen and oxygen atoms in total. The maximum atomic E-state index is 11.3. The summed E-state index contributed by atoms with van der Waals surface area (Å²) < 4.78 is 0. The number of hydrogen-bond acceptors (Lipinski definition) is 3. The van der Waals surface area contributed by atoms with Gasteiger partial charge in [0.05, 0.1) is 6.04 Å². The Bertz CT molecular complexity index is 214. The first kappa shape index (κ1) is 8.97. The Morgan fingerprint density at radius 3 is 2.62 bits per heavy atom. The number of nitrogens with one attached hydrogen (secondary N) is 1. The molecule has 0 radical (unpaired) electrons. The fraction of sp³-hybridized carbons (Fsp3) is 0.889. The minimum atomic E-state index is -0.205. The largest absolute Gasteiger partial charge is 0.303 e. The van der Waals surface area contributed by atoms with Crippen LogP contribution in [0.5, 0.6) is 0 Å². The van der Waals surface area contributed by atoms with Crippen LogP contribution in [0.15, 0.2) is 0 Å². The zero-order valence-corrected chi connectivity index (χ0v) is 7.86. The zero-order valence-electron chi connectivity index (χ0n) is 7.86. The van der Waals surface area contributed by atoms with Crippen LogP contribution in [0, 0.1) is 5.92 Å². The van der Waals surface area contributed by atoms with Crippen LogP contribution >= 0.6 is 0 Å². The molecular weight excluding hydrogens is 168 g/mol. The van der Waals surface area contributed by atoms with Gasteiger partial charge in [-0.25, -0.2) is 5.06 Å². The number of carbonyl (C=O) groups excluding carboxylic acids is 1. The van der Waals surface area contributed by atoms with E-state index in [0.717, 1.165) is 18.8 Å². The number of rotatable bonds is 2. The molecule has 2 fully saturated rings. The number of nitrogens with zero attached hydrogens (tertiary/aromatic N) is 1. The molecule has 0 aromatic heterocycles. The van der Waals surface area contributed by atoms with E-state index < -0.39 is 0 Å². The monoisotopic (exact) mass is 184 g/mol. The van der Waals surface area contributed by atoms with Gasteiger partial charge < -0.3 is 5.32 Å². The minimum absolute atomic E-state index is 0.152. The Morgan fingerprint density at radius 2 is 2.08 bits per heavy atom. The van der Waals surface area contributed by atoms with Crippen LogP contribution in [0.25, 0.3) is 0 Å². The van der Waals surface area contributed by atoms with Crippen LogP contribution in [0.2, 0.25) is 0 Å². The Morgan fingerprint density at radius 1 is 1.38 bits per heavy atom. The number of carbonyl (C=O) groups is 1. The van der Waals surface area contributed by atoms with Gasteiger partial charge in [-0.3, -0.25) is 10.0 Å². The van der Waals surface area contributed by atoms with Crippen molar-refractivity contribution in [3.8, 4) is 0 Å². The van der Waals surface area contributed by atoms with Gasteiger partial charge in [-0.15, -0.1) is 0 Å². The highest BCUT2D eigenvalue weighted by Gasteiger charge is 2.38. The summed E-state index contributed by atoms with van der Waals surface area (Å²) in [5.74, 6) is 0.588. The highest BCUT2D eigenvalue weighted by Crippen LogP contribution is 2.37. The Kier molecular flexibility index (Phi) is 2.26. The highest BCUT2D eigenvalue weighted by atomic mass is 16.5. The first-order chi connectivity index (χ1) is 6.18. The summed E-state index contributed by atoms with van der Waals surface area (Å²) in [6.07, 6.45) is 4.54. The van der Waals surface area contributed by atoms with E-state index in [1.54, 1.807) is 0 Å². The molecule has 2 rings (SSSR count). The maximum Gasteiger partial charge on any atom is 0.262 e. The quantitative estimate of drug-likeness (QED) is 0.481. The normalized spacial score (nSPS) is 33.4. The average molecular weight is 184 g/mol. The summed E-state index contributed by atoms with van der Waals surface area (Å²) >= 11 is 0.